The summed E-state index contributed by atoms with van der Waals surface area (Å²) in [5, 5.41) is 0. The number of rotatable bonds is 15. The first kappa shape index (κ1) is 28.4. The van der Waals surface area contributed by atoms with Gasteiger partial charge in [0, 0.05) is 12.8 Å². The number of hydrogen-bond acceptors (Lipinski definition) is 6. The highest BCUT2D eigenvalue weighted by molar-refractivity contribution is 5.72. The van der Waals surface area contributed by atoms with Crippen molar-refractivity contribution < 1.29 is 28.5 Å². The molecular formula is C26H44O6. The van der Waals surface area contributed by atoms with Crippen molar-refractivity contribution in [2.24, 2.45) is 17.8 Å². The van der Waals surface area contributed by atoms with Crippen molar-refractivity contribution in [3.05, 3.63) is 23.7 Å². The van der Waals surface area contributed by atoms with Crippen molar-refractivity contribution in [2.75, 3.05) is 13.2 Å². The van der Waals surface area contributed by atoms with Gasteiger partial charge in [-0.05, 0) is 49.2 Å². The van der Waals surface area contributed by atoms with E-state index in [0.717, 1.165) is 25.7 Å². The number of hydrogen-bond donors (Lipinski definition) is 0. The predicted molar refractivity (Wildman–Crippen MR) is 125 cm³/mol. The van der Waals surface area contributed by atoms with Crippen LogP contribution in [0.1, 0.15) is 93.4 Å². The molecule has 184 valence electrons. The molecule has 0 amide bonds. The molecule has 0 bridgehead atoms. The van der Waals surface area contributed by atoms with Crippen LogP contribution in [0.15, 0.2) is 23.7 Å². The summed E-state index contributed by atoms with van der Waals surface area (Å²) in [6.07, 6.45) is 7.58. The molecule has 0 aromatic carbocycles. The minimum atomic E-state index is -1.04. The van der Waals surface area contributed by atoms with Gasteiger partial charge in [-0.25, -0.2) is 0 Å². The molecule has 32 heavy (non-hydrogen) atoms. The van der Waals surface area contributed by atoms with Crippen LogP contribution in [0.4, 0.5) is 0 Å². The molecule has 1 aliphatic rings. The summed E-state index contributed by atoms with van der Waals surface area (Å²) in [6.45, 7) is 15.5. The topological polar surface area (TPSA) is 71.1 Å². The Labute approximate surface area is 194 Å². The molecule has 0 heterocycles. The van der Waals surface area contributed by atoms with E-state index in [1.165, 1.54) is 0 Å². The molecule has 1 atom stereocenters. The fourth-order valence-corrected chi connectivity index (χ4v) is 2.95. The van der Waals surface area contributed by atoms with E-state index in [1.807, 2.05) is 0 Å². The summed E-state index contributed by atoms with van der Waals surface area (Å²) in [4.78, 5) is 24.9. The SMILES string of the molecule is CCCCOC1(OCC(C)C)C=CC(OC(=O)CCC(C)C)=C(OC(=O)CCC(C)C)C1. The first-order valence-corrected chi connectivity index (χ1v) is 12.2. The van der Waals surface area contributed by atoms with Crippen LogP contribution >= 0.6 is 0 Å². The van der Waals surface area contributed by atoms with Crippen LogP contribution in [0.2, 0.25) is 0 Å². The molecule has 0 saturated carbocycles. The van der Waals surface area contributed by atoms with Crippen LogP contribution in [-0.4, -0.2) is 30.9 Å². The van der Waals surface area contributed by atoms with E-state index in [0.29, 0.717) is 49.6 Å². The highest BCUT2D eigenvalue weighted by Crippen LogP contribution is 2.34. The van der Waals surface area contributed by atoms with Crippen molar-refractivity contribution in [1.82, 2.24) is 0 Å². The first-order chi connectivity index (χ1) is 15.1. The first-order valence-electron chi connectivity index (χ1n) is 12.2. The van der Waals surface area contributed by atoms with Gasteiger partial charge in [-0.3, -0.25) is 9.59 Å². The molecule has 1 unspecified atom stereocenters. The fraction of sp³-hybridized carbons (Fsp3) is 0.769. The standard InChI is InChI=1S/C26H44O6/c1-8-9-16-29-26(30-18-21(6)7)15-14-22(31-24(27)12-10-19(2)3)23(17-26)32-25(28)13-11-20(4)5/h14-15,19-21H,8-13,16-18H2,1-7H3. The zero-order valence-electron chi connectivity index (χ0n) is 21.2. The lowest BCUT2D eigenvalue weighted by Crippen LogP contribution is -2.38. The molecule has 0 spiro atoms. The molecule has 0 saturated heterocycles. The van der Waals surface area contributed by atoms with Crippen LogP contribution in [-0.2, 0) is 28.5 Å². The minimum Gasteiger partial charge on any atom is -0.427 e. The van der Waals surface area contributed by atoms with E-state index >= 15 is 0 Å². The third-order valence-corrected chi connectivity index (χ3v) is 4.99. The fourth-order valence-electron chi connectivity index (χ4n) is 2.95. The van der Waals surface area contributed by atoms with Crippen molar-refractivity contribution >= 4 is 11.9 Å². The average Bonchev–Trinajstić information content (AvgIpc) is 2.71. The summed E-state index contributed by atoms with van der Waals surface area (Å²) in [5.74, 6) is -0.0633. The maximum atomic E-state index is 12.5. The van der Waals surface area contributed by atoms with Crippen LogP contribution in [0.3, 0.4) is 0 Å². The molecule has 0 aromatic heterocycles. The Morgan fingerprint density at radius 3 is 2.03 bits per heavy atom. The average molecular weight is 453 g/mol. The summed E-state index contributed by atoms with van der Waals surface area (Å²) in [7, 11) is 0. The van der Waals surface area contributed by atoms with Gasteiger partial charge in [0.1, 0.15) is 0 Å². The molecule has 0 aromatic rings. The Hall–Kier alpha value is -1.66. The second kappa shape index (κ2) is 14.5. The molecular weight excluding hydrogens is 408 g/mol. The number of carbonyl (C=O) groups excluding carboxylic acids is 2. The summed E-state index contributed by atoms with van der Waals surface area (Å²) in [5.41, 5.74) is 0. The maximum absolute atomic E-state index is 12.5. The molecule has 6 heteroatoms. The summed E-state index contributed by atoms with van der Waals surface area (Å²) >= 11 is 0. The quantitative estimate of drug-likeness (QED) is 0.165. The van der Waals surface area contributed by atoms with Crippen LogP contribution in [0, 0.1) is 17.8 Å². The lowest BCUT2D eigenvalue weighted by molar-refractivity contribution is -0.214. The molecule has 0 fully saturated rings. The van der Waals surface area contributed by atoms with Gasteiger partial charge in [0.15, 0.2) is 17.3 Å². The lowest BCUT2D eigenvalue weighted by Gasteiger charge is -2.35. The maximum Gasteiger partial charge on any atom is 0.311 e. The lowest BCUT2D eigenvalue weighted by atomic mass is 10.0. The third-order valence-electron chi connectivity index (χ3n) is 4.99. The number of unbranched alkanes of at least 4 members (excludes halogenated alkanes) is 1. The Morgan fingerprint density at radius 1 is 0.906 bits per heavy atom. The van der Waals surface area contributed by atoms with Crippen LogP contribution in [0.5, 0.6) is 0 Å². The van der Waals surface area contributed by atoms with E-state index < -0.39 is 5.79 Å². The van der Waals surface area contributed by atoms with E-state index in [9.17, 15) is 9.59 Å². The summed E-state index contributed by atoms with van der Waals surface area (Å²) < 4.78 is 23.6. The monoisotopic (exact) mass is 452 g/mol. The molecule has 1 rings (SSSR count). The Bertz CT molecular complexity index is 647. The zero-order chi connectivity index (χ0) is 24.1. The molecule has 0 aliphatic heterocycles. The smallest absolute Gasteiger partial charge is 0.311 e. The predicted octanol–water partition coefficient (Wildman–Crippen LogP) is 6.30. The van der Waals surface area contributed by atoms with Crippen LogP contribution < -0.4 is 0 Å². The minimum absolute atomic E-state index is 0.181. The highest BCUT2D eigenvalue weighted by atomic mass is 16.7. The van der Waals surface area contributed by atoms with E-state index in [1.54, 1.807) is 12.2 Å². The van der Waals surface area contributed by atoms with Gasteiger partial charge in [0.05, 0.1) is 19.6 Å². The van der Waals surface area contributed by atoms with Gasteiger partial charge >= 0.3 is 11.9 Å². The second-order valence-corrected chi connectivity index (χ2v) is 9.83. The molecule has 1 aliphatic carbocycles. The third kappa shape index (κ3) is 11.3. The van der Waals surface area contributed by atoms with Gasteiger partial charge < -0.3 is 18.9 Å². The van der Waals surface area contributed by atoms with Gasteiger partial charge in [-0.15, -0.1) is 0 Å². The Balaban J connectivity index is 3.06. The van der Waals surface area contributed by atoms with E-state index in [2.05, 4.69) is 48.5 Å². The number of carbonyl (C=O) groups is 2. The normalized spacial score (nSPS) is 18.7. The Morgan fingerprint density at radius 2 is 1.50 bits per heavy atom. The van der Waals surface area contributed by atoms with Gasteiger partial charge in [-0.1, -0.05) is 54.9 Å². The zero-order valence-corrected chi connectivity index (χ0v) is 21.2. The van der Waals surface area contributed by atoms with E-state index in [-0.39, 0.29) is 24.1 Å². The van der Waals surface area contributed by atoms with Crippen LogP contribution in [0.25, 0.3) is 0 Å². The highest BCUT2D eigenvalue weighted by Gasteiger charge is 2.37. The van der Waals surface area contributed by atoms with E-state index in [4.69, 9.17) is 18.9 Å². The van der Waals surface area contributed by atoms with Crippen molar-refractivity contribution in [1.29, 1.82) is 0 Å². The largest absolute Gasteiger partial charge is 0.427 e. The van der Waals surface area contributed by atoms with Gasteiger partial charge in [-0.2, -0.15) is 0 Å². The number of allylic oxidation sites excluding steroid dienone is 1. The summed E-state index contributed by atoms with van der Waals surface area (Å²) in [6, 6.07) is 0. The Kier molecular flexibility index (Phi) is 12.8. The van der Waals surface area contributed by atoms with Gasteiger partial charge in [0.25, 0.3) is 0 Å². The van der Waals surface area contributed by atoms with Crippen molar-refractivity contribution in [2.45, 2.75) is 99.2 Å². The molecule has 0 radical (unpaired) electrons. The van der Waals surface area contributed by atoms with Gasteiger partial charge in [0.2, 0.25) is 0 Å². The van der Waals surface area contributed by atoms with Crippen molar-refractivity contribution in [3.63, 3.8) is 0 Å². The molecule has 0 N–H and O–H groups in total. The number of ether oxygens (including phenoxy) is 4. The molecule has 6 nitrogen and oxygen atoms in total. The van der Waals surface area contributed by atoms with Crippen molar-refractivity contribution in [3.8, 4) is 0 Å². The second-order valence-electron chi connectivity index (χ2n) is 9.83. The number of esters is 2.